The van der Waals surface area contributed by atoms with Crippen molar-refractivity contribution in [1.82, 2.24) is 10.2 Å². The van der Waals surface area contributed by atoms with Crippen molar-refractivity contribution in [2.75, 3.05) is 13.1 Å². The lowest BCUT2D eigenvalue weighted by Crippen LogP contribution is -2.49. The minimum Gasteiger partial charge on any atom is -0.481 e. The van der Waals surface area contributed by atoms with Gasteiger partial charge in [0.2, 0.25) is 5.91 Å². The first-order chi connectivity index (χ1) is 9.50. The summed E-state index contributed by atoms with van der Waals surface area (Å²) in [5.41, 5.74) is 0. The highest BCUT2D eigenvalue weighted by atomic mass is 16.4. The molecule has 114 valence electrons. The van der Waals surface area contributed by atoms with E-state index in [1.54, 1.807) is 0 Å². The van der Waals surface area contributed by atoms with E-state index in [0.717, 1.165) is 13.0 Å². The van der Waals surface area contributed by atoms with E-state index >= 15 is 0 Å². The molecule has 1 amide bonds. The van der Waals surface area contributed by atoms with Crippen LogP contribution in [-0.4, -0.2) is 47.1 Å². The van der Waals surface area contributed by atoms with E-state index in [0.29, 0.717) is 24.8 Å². The maximum Gasteiger partial charge on any atom is 0.303 e. The molecular formula is C15H26N2O3. The molecule has 1 saturated heterocycles. The summed E-state index contributed by atoms with van der Waals surface area (Å²) in [6.07, 6.45) is 4.28. The van der Waals surface area contributed by atoms with Gasteiger partial charge in [0.1, 0.15) is 0 Å². The first-order valence-corrected chi connectivity index (χ1v) is 7.76. The number of hydrogen-bond donors (Lipinski definition) is 2. The summed E-state index contributed by atoms with van der Waals surface area (Å²) in [5, 5.41) is 12.1. The molecule has 2 rings (SSSR count). The van der Waals surface area contributed by atoms with Crippen LogP contribution in [0.4, 0.5) is 0 Å². The minimum absolute atomic E-state index is 0.0465. The van der Waals surface area contributed by atoms with Gasteiger partial charge in [-0.15, -0.1) is 0 Å². The van der Waals surface area contributed by atoms with Crippen molar-refractivity contribution in [3.05, 3.63) is 0 Å². The van der Waals surface area contributed by atoms with Crippen molar-refractivity contribution >= 4 is 11.9 Å². The molecule has 0 spiro atoms. The molecule has 5 heteroatoms. The SMILES string of the molecule is CC(C)N(CCCC(=O)O)C(=O)C1NCC2CCCC21. The Bertz CT molecular complexity index is 370. The second-order valence-electron chi connectivity index (χ2n) is 6.36. The Labute approximate surface area is 120 Å². The molecular weight excluding hydrogens is 256 g/mol. The molecule has 3 unspecified atom stereocenters. The summed E-state index contributed by atoms with van der Waals surface area (Å²) in [6, 6.07) is 0.0771. The Morgan fingerprint density at radius 2 is 2.10 bits per heavy atom. The van der Waals surface area contributed by atoms with Gasteiger partial charge in [-0.2, -0.15) is 0 Å². The lowest BCUT2D eigenvalue weighted by atomic mass is 9.93. The summed E-state index contributed by atoms with van der Waals surface area (Å²) in [4.78, 5) is 25.2. The number of rotatable bonds is 6. The lowest BCUT2D eigenvalue weighted by molar-refractivity contribution is -0.139. The van der Waals surface area contributed by atoms with E-state index < -0.39 is 5.97 Å². The van der Waals surface area contributed by atoms with Crippen molar-refractivity contribution in [2.24, 2.45) is 11.8 Å². The Morgan fingerprint density at radius 1 is 1.35 bits per heavy atom. The molecule has 5 nitrogen and oxygen atoms in total. The van der Waals surface area contributed by atoms with Gasteiger partial charge >= 0.3 is 5.97 Å². The average Bonchev–Trinajstić information content (AvgIpc) is 2.95. The Balaban J connectivity index is 1.94. The normalized spacial score (nSPS) is 28.6. The molecule has 1 heterocycles. The molecule has 1 aliphatic heterocycles. The maximum absolute atomic E-state index is 12.7. The van der Waals surface area contributed by atoms with E-state index in [1.165, 1.54) is 12.8 Å². The first-order valence-electron chi connectivity index (χ1n) is 7.76. The van der Waals surface area contributed by atoms with Crippen LogP contribution in [0.2, 0.25) is 0 Å². The van der Waals surface area contributed by atoms with Crippen molar-refractivity contribution in [3.8, 4) is 0 Å². The summed E-state index contributed by atoms with van der Waals surface area (Å²) >= 11 is 0. The van der Waals surface area contributed by atoms with Crippen molar-refractivity contribution in [3.63, 3.8) is 0 Å². The van der Waals surface area contributed by atoms with Crippen LogP contribution in [0.25, 0.3) is 0 Å². The van der Waals surface area contributed by atoms with Gasteiger partial charge in [0.05, 0.1) is 6.04 Å². The van der Waals surface area contributed by atoms with E-state index in [2.05, 4.69) is 5.32 Å². The summed E-state index contributed by atoms with van der Waals surface area (Å²) in [7, 11) is 0. The van der Waals surface area contributed by atoms with Gasteiger partial charge in [0.15, 0.2) is 0 Å². The number of carbonyl (C=O) groups excluding carboxylic acids is 1. The number of aliphatic carboxylic acids is 1. The van der Waals surface area contributed by atoms with E-state index in [4.69, 9.17) is 5.11 Å². The molecule has 0 aromatic heterocycles. The first kappa shape index (κ1) is 15.3. The number of carboxylic acids is 1. The number of carboxylic acid groups (broad SMARTS) is 1. The van der Waals surface area contributed by atoms with Crippen LogP contribution in [0.3, 0.4) is 0 Å². The van der Waals surface area contributed by atoms with Gasteiger partial charge < -0.3 is 15.3 Å². The minimum atomic E-state index is -0.795. The van der Waals surface area contributed by atoms with E-state index in [1.807, 2.05) is 18.7 Å². The Morgan fingerprint density at radius 3 is 2.75 bits per heavy atom. The molecule has 2 N–H and O–H groups in total. The third kappa shape index (κ3) is 3.32. The zero-order valence-electron chi connectivity index (χ0n) is 12.5. The van der Waals surface area contributed by atoms with Crippen LogP contribution < -0.4 is 5.32 Å². The number of fused-ring (bicyclic) bond motifs is 1. The molecule has 0 aromatic rings. The fourth-order valence-corrected chi connectivity index (χ4v) is 3.66. The summed E-state index contributed by atoms with van der Waals surface area (Å²) in [6.45, 7) is 5.50. The molecule has 3 atom stereocenters. The zero-order valence-corrected chi connectivity index (χ0v) is 12.5. The largest absolute Gasteiger partial charge is 0.481 e. The highest BCUT2D eigenvalue weighted by Gasteiger charge is 2.43. The van der Waals surface area contributed by atoms with E-state index in [9.17, 15) is 9.59 Å². The fourth-order valence-electron chi connectivity index (χ4n) is 3.66. The summed E-state index contributed by atoms with van der Waals surface area (Å²) < 4.78 is 0. The smallest absolute Gasteiger partial charge is 0.303 e. The molecule has 0 bridgehead atoms. The van der Waals surface area contributed by atoms with Crippen molar-refractivity contribution in [2.45, 2.75) is 58.0 Å². The van der Waals surface area contributed by atoms with Gasteiger partial charge in [-0.1, -0.05) is 6.42 Å². The number of carbonyl (C=O) groups is 2. The third-order valence-electron chi connectivity index (χ3n) is 4.71. The molecule has 2 fully saturated rings. The number of nitrogens with one attached hydrogen (secondary N) is 1. The molecule has 2 aliphatic rings. The standard InChI is InChI=1S/C15H26N2O3/c1-10(2)17(8-4-7-13(18)19)15(20)14-12-6-3-5-11(12)9-16-14/h10-12,14,16H,3-9H2,1-2H3,(H,18,19). The van der Waals surface area contributed by atoms with Crippen LogP contribution in [0, 0.1) is 11.8 Å². The molecule has 0 aromatic carbocycles. The van der Waals surface area contributed by atoms with Crippen LogP contribution in [0.5, 0.6) is 0 Å². The zero-order chi connectivity index (χ0) is 14.7. The fraction of sp³-hybridized carbons (Fsp3) is 0.867. The predicted molar refractivity (Wildman–Crippen MR) is 76.3 cm³/mol. The van der Waals surface area contributed by atoms with E-state index in [-0.39, 0.29) is 24.4 Å². The molecule has 20 heavy (non-hydrogen) atoms. The molecule has 1 aliphatic carbocycles. The molecule has 1 saturated carbocycles. The van der Waals surface area contributed by atoms with Gasteiger partial charge in [-0.05, 0) is 51.5 Å². The van der Waals surface area contributed by atoms with Crippen LogP contribution in [0.15, 0.2) is 0 Å². The second-order valence-corrected chi connectivity index (χ2v) is 6.36. The van der Waals surface area contributed by atoms with Crippen LogP contribution in [-0.2, 0) is 9.59 Å². The molecule has 0 radical (unpaired) electrons. The van der Waals surface area contributed by atoms with Gasteiger partial charge in [-0.3, -0.25) is 9.59 Å². The number of nitrogens with zero attached hydrogens (tertiary/aromatic N) is 1. The highest BCUT2D eigenvalue weighted by molar-refractivity contribution is 5.83. The number of amides is 1. The van der Waals surface area contributed by atoms with Gasteiger partial charge in [0.25, 0.3) is 0 Å². The average molecular weight is 282 g/mol. The Kier molecular flexibility index (Phi) is 5.02. The van der Waals surface area contributed by atoms with Crippen molar-refractivity contribution < 1.29 is 14.7 Å². The maximum atomic E-state index is 12.7. The monoisotopic (exact) mass is 282 g/mol. The van der Waals surface area contributed by atoms with Crippen molar-refractivity contribution in [1.29, 1.82) is 0 Å². The van der Waals surface area contributed by atoms with Gasteiger partial charge in [-0.25, -0.2) is 0 Å². The van der Waals surface area contributed by atoms with Gasteiger partial charge in [0, 0.05) is 19.0 Å². The topological polar surface area (TPSA) is 69.6 Å². The quantitative estimate of drug-likeness (QED) is 0.774. The third-order valence-corrected chi connectivity index (χ3v) is 4.71. The number of hydrogen-bond acceptors (Lipinski definition) is 3. The highest BCUT2D eigenvalue weighted by Crippen LogP contribution is 2.38. The van der Waals surface area contributed by atoms with Crippen LogP contribution >= 0.6 is 0 Å². The lowest BCUT2D eigenvalue weighted by Gasteiger charge is -2.31. The van der Waals surface area contributed by atoms with Crippen LogP contribution in [0.1, 0.15) is 46.0 Å². The summed E-state index contributed by atoms with van der Waals surface area (Å²) in [5.74, 6) is 0.524. The Hall–Kier alpha value is -1.10. The predicted octanol–water partition coefficient (Wildman–Crippen LogP) is 1.48. The second kappa shape index (κ2) is 6.57.